The standard InChI is InChI=1S/C13H19FN2O2/c1-3-16(4-2)13(18)9-15-8-10-5-6-12(17)11(14)7-10/h5-7,15,17H,3-4,8-9H2,1-2H3. The van der Waals surface area contributed by atoms with Gasteiger partial charge in [0.1, 0.15) is 0 Å². The number of benzene rings is 1. The van der Waals surface area contributed by atoms with E-state index in [1.54, 1.807) is 11.0 Å². The largest absolute Gasteiger partial charge is 0.505 e. The molecule has 0 aliphatic carbocycles. The van der Waals surface area contributed by atoms with E-state index in [0.29, 0.717) is 25.2 Å². The van der Waals surface area contributed by atoms with Crippen LogP contribution in [0.25, 0.3) is 0 Å². The van der Waals surface area contributed by atoms with E-state index in [0.717, 1.165) is 0 Å². The number of nitrogens with one attached hydrogen (secondary N) is 1. The Morgan fingerprint density at radius 1 is 1.39 bits per heavy atom. The molecule has 18 heavy (non-hydrogen) atoms. The van der Waals surface area contributed by atoms with E-state index in [1.165, 1.54) is 12.1 Å². The third-order valence-electron chi connectivity index (χ3n) is 2.73. The number of hydrogen-bond acceptors (Lipinski definition) is 3. The Bertz CT molecular complexity index is 406. The van der Waals surface area contributed by atoms with Gasteiger partial charge in [0, 0.05) is 19.6 Å². The summed E-state index contributed by atoms with van der Waals surface area (Å²) in [6, 6.07) is 4.18. The number of carbonyl (C=O) groups is 1. The minimum atomic E-state index is -0.649. The highest BCUT2D eigenvalue weighted by molar-refractivity contribution is 5.78. The van der Waals surface area contributed by atoms with Crippen molar-refractivity contribution in [2.45, 2.75) is 20.4 Å². The van der Waals surface area contributed by atoms with Crippen LogP contribution in [0.3, 0.4) is 0 Å². The van der Waals surface area contributed by atoms with Crippen molar-refractivity contribution in [3.05, 3.63) is 29.6 Å². The van der Waals surface area contributed by atoms with Gasteiger partial charge < -0.3 is 15.3 Å². The molecule has 2 N–H and O–H groups in total. The molecule has 1 aromatic rings. The highest BCUT2D eigenvalue weighted by Gasteiger charge is 2.08. The van der Waals surface area contributed by atoms with E-state index in [-0.39, 0.29) is 18.2 Å². The Morgan fingerprint density at radius 2 is 2.06 bits per heavy atom. The second-order valence-electron chi connectivity index (χ2n) is 3.96. The molecule has 0 bridgehead atoms. The van der Waals surface area contributed by atoms with E-state index < -0.39 is 5.82 Å². The minimum Gasteiger partial charge on any atom is -0.505 e. The number of nitrogens with zero attached hydrogens (tertiary/aromatic N) is 1. The van der Waals surface area contributed by atoms with Gasteiger partial charge in [-0.2, -0.15) is 0 Å². The Kier molecular flexibility index (Phi) is 5.58. The zero-order valence-electron chi connectivity index (χ0n) is 10.7. The van der Waals surface area contributed by atoms with Crippen LogP contribution in [0.15, 0.2) is 18.2 Å². The number of halogens is 1. The number of likely N-dealkylation sites (N-methyl/N-ethyl adjacent to an activating group) is 1. The molecule has 1 aromatic carbocycles. The highest BCUT2D eigenvalue weighted by Crippen LogP contribution is 2.15. The Balaban J connectivity index is 2.41. The molecule has 0 atom stereocenters. The van der Waals surface area contributed by atoms with Crippen molar-refractivity contribution in [2.75, 3.05) is 19.6 Å². The second-order valence-corrected chi connectivity index (χ2v) is 3.96. The van der Waals surface area contributed by atoms with E-state index in [9.17, 15) is 9.18 Å². The summed E-state index contributed by atoms with van der Waals surface area (Å²) in [5, 5.41) is 12.0. The van der Waals surface area contributed by atoms with E-state index in [1.807, 2.05) is 13.8 Å². The van der Waals surface area contributed by atoms with Crippen molar-refractivity contribution in [3.8, 4) is 5.75 Å². The van der Waals surface area contributed by atoms with Crippen LogP contribution in [0, 0.1) is 5.82 Å². The van der Waals surface area contributed by atoms with Crippen LogP contribution in [0.4, 0.5) is 4.39 Å². The monoisotopic (exact) mass is 254 g/mol. The van der Waals surface area contributed by atoms with Gasteiger partial charge in [-0.1, -0.05) is 6.07 Å². The van der Waals surface area contributed by atoms with Gasteiger partial charge in [0.15, 0.2) is 11.6 Å². The van der Waals surface area contributed by atoms with Crippen LogP contribution in [0.1, 0.15) is 19.4 Å². The maximum atomic E-state index is 13.0. The van der Waals surface area contributed by atoms with Crippen LogP contribution < -0.4 is 5.32 Å². The number of carbonyl (C=O) groups excluding carboxylic acids is 1. The van der Waals surface area contributed by atoms with Crippen molar-refractivity contribution in [2.24, 2.45) is 0 Å². The molecule has 0 fully saturated rings. The molecule has 0 heterocycles. The van der Waals surface area contributed by atoms with E-state index in [2.05, 4.69) is 5.32 Å². The molecule has 0 saturated heterocycles. The van der Waals surface area contributed by atoms with Gasteiger partial charge in [-0.15, -0.1) is 0 Å². The average Bonchev–Trinajstić information content (AvgIpc) is 2.35. The first-order valence-electron chi connectivity index (χ1n) is 6.04. The van der Waals surface area contributed by atoms with Gasteiger partial charge >= 0.3 is 0 Å². The highest BCUT2D eigenvalue weighted by atomic mass is 19.1. The van der Waals surface area contributed by atoms with E-state index >= 15 is 0 Å². The van der Waals surface area contributed by atoms with Crippen LogP contribution in [-0.4, -0.2) is 35.5 Å². The third-order valence-corrected chi connectivity index (χ3v) is 2.73. The third kappa shape index (κ3) is 4.00. The van der Waals surface area contributed by atoms with Crippen molar-refractivity contribution < 1.29 is 14.3 Å². The summed E-state index contributed by atoms with van der Waals surface area (Å²) in [4.78, 5) is 13.4. The smallest absolute Gasteiger partial charge is 0.236 e. The normalized spacial score (nSPS) is 10.4. The number of phenols is 1. The summed E-state index contributed by atoms with van der Waals surface area (Å²) < 4.78 is 13.0. The molecule has 0 saturated carbocycles. The summed E-state index contributed by atoms with van der Waals surface area (Å²) in [5.41, 5.74) is 0.692. The van der Waals surface area contributed by atoms with Crippen LogP contribution >= 0.6 is 0 Å². The van der Waals surface area contributed by atoms with Crippen LogP contribution in [0.2, 0.25) is 0 Å². The molecule has 100 valence electrons. The molecule has 0 radical (unpaired) electrons. The zero-order valence-corrected chi connectivity index (χ0v) is 10.7. The second kappa shape index (κ2) is 6.96. The molecular formula is C13H19FN2O2. The quantitative estimate of drug-likeness (QED) is 0.808. The van der Waals surface area contributed by atoms with Crippen molar-refractivity contribution in [1.82, 2.24) is 10.2 Å². The fourth-order valence-corrected chi connectivity index (χ4v) is 1.66. The number of phenolic OH excluding ortho intramolecular Hbond substituents is 1. The Hall–Kier alpha value is -1.62. The van der Waals surface area contributed by atoms with E-state index in [4.69, 9.17) is 5.11 Å². The lowest BCUT2D eigenvalue weighted by Crippen LogP contribution is -2.37. The average molecular weight is 254 g/mol. The summed E-state index contributed by atoms with van der Waals surface area (Å²) >= 11 is 0. The molecule has 0 aliphatic heterocycles. The van der Waals surface area contributed by atoms with Gasteiger partial charge in [-0.05, 0) is 31.5 Å². The summed E-state index contributed by atoms with van der Waals surface area (Å²) in [6.07, 6.45) is 0. The molecule has 1 rings (SSSR count). The van der Waals surface area contributed by atoms with Gasteiger partial charge in [-0.3, -0.25) is 4.79 Å². The fraction of sp³-hybridized carbons (Fsp3) is 0.462. The van der Waals surface area contributed by atoms with Crippen molar-refractivity contribution >= 4 is 5.91 Å². The lowest BCUT2D eigenvalue weighted by molar-refractivity contribution is -0.129. The Labute approximate surface area is 106 Å². The lowest BCUT2D eigenvalue weighted by Gasteiger charge is -2.18. The number of rotatable bonds is 6. The first-order valence-corrected chi connectivity index (χ1v) is 6.04. The number of amides is 1. The first kappa shape index (κ1) is 14.4. The van der Waals surface area contributed by atoms with Gasteiger partial charge in [-0.25, -0.2) is 4.39 Å². The number of hydrogen-bond donors (Lipinski definition) is 2. The minimum absolute atomic E-state index is 0.0271. The summed E-state index contributed by atoms with van der Waals surface area (Å²) in [6.45, 7) is 5.84. The topological polar surface area (TPSA) is 52.6 Å². The maximum Gasteiger partial charge on any atom is 0.236 e. The summed E-state index contributed by atoms with van der Waals surface area (Å²) in [7, 11) is 0. The predicted molar refractivity (Wildman–Crippen MR) is 67.7 cm³/mol. The van der Waals surface area contributed by atoms with Gasteiger partial charge in [0.2, 0.25) is 5.91 Å². The first-order chi connectivity index (χ1) is 8.58. The van der Waals surface area contributed by atoms with Gasteiger partial charge in [0.05, 0.1) is 6.54 Å². The molecule has 0 unspecified atom stereocenters. The Morgan fingerprint density at radius 3 is 2.61 bits per heavy atom. The van der Waals surface area contributed by atoms with Crippen molar-refractivity contribution in [1.29, 1.82) is 0 Å². The van der Waals surface area contributed by atoms with Crippen LogP contribution in [-0.2, 0) is 11.3 Å². The molecule has 0 spiro atoms. The van der Waals surface area contributed by atoms with Gasteiger partial charge in [0.25, 0.3) is 0 Å². The molecule has 4 nitrogen and oxygen atoms in total. The molecular weight excluding hydrogens is 235 g/mol. The van der Waals surface area contributed by atoms with Crippen molar-refractivity contribution in [3.63, 3.8) is 0 Å². The maximum absolute atomic E-state index is 13.0. The molecule has 1 amide bonds. The SMILES string of the molecule is CCN(CC)C(=O)CNCc1ccc(O)c(F)c1. The lowest BCUT2D eigenvalue weighted by atomic mass is 10.2. The molecule has 0 aromatic heterocycles. The molecule has 0 aliphatic rings. The predicted octanol–water partition coefficient (Wildman–Crippen LogP) is 1.49. The number of aromatic hydroxyl groups is 1. The summed E-state index contributed by atoms with van der Waals surface area (Å²) in [5.74, 6) is -0.985. The van der Waals surface area contributed by atoms with Crippen LogP contribution in [0.5, 0.6) is 5.75 Å². The fourth-order valence-electron chi connectivity index (χ4n) is 1.66. The molecule has 5 heteroatoms. The zero-order chi connectivity index (χ0) is 13.5.